The van der Waals surface area contributed by atoms with E-state index >= 15 is 0 Å². The SMILES string of the molecule is CC(C)c1cc(NC(=O)CSC(C)(C)C(=O)O)on1. The van der Waals surface area contributed by atoms with Crippen molar-refractivity contribution >= 4 is 29.5 Å². The summed E-state index contributed by atoms with van der Waals surface area (Å²) in [6, 6.07) is 1.66. The standard InChI is InChI=1S/C12H18N2O4S/c1-7(2)8-5-10(18-14-8)13-9(15)6-19-12(3,4)11(16)17/h5,7H,6H2,1-4H3,(H,13,15)(H,16,17). The first-order valence-corrected chi connectivity index (χ1v) is 6.84. The molecular weight excluding hydrogens is 268 g/mol. The lowest BCUT2D eigenvalue weighted by atomic mass is 10.1. The van der Waals surface area contributed by atoms with Crippen molar-refractivity contribution in [3.8, 4) is 0 Å². The van der Waals surface area contributed by atoms with Crippen LogP contribution in [0, 0.1) is 0 Å². The molecule has 0 aromatic carbocycles. The van der Waals surface area contributed by atoms with Crippen LogP contribution >= 0.6 is 11.8 Å². The fraction of sp³-hybridized carbons (Fsp3) is 0.583. The fourth-order valence-electron chi connectivity index (χ4n) is 1.10. The summed E-state index contributed by atoms with van der Waals surface area (Å²) >= 11 is 1.05. The number of carbonyl (C=O) groups excluding carboxylic acids is 1. The second kappa shape index (κ2) is 6.10. The quantitative estimate of drug-likeness (QED) is 0.833. The Labute approximate surface area is 115 Å². The summed E-state index contributed by atoms with van der Waals surface area (Å²) in [6.07, 6.45) is 0. The molecule has 1 aromatic rings. The van der Waals surface area contributed by atoms with Crippen LogP contribution in [-0.4, -0.2) is 32.6 Å². The van der Waals surface area contributed by atoms with Gasteiger partial charge in [0.25, 0.3) is 0 Å². The molecule has 1 rings (SSSR count). The van der Waals surface area contributed by atoms with Crippen LogP contribution in [0.1, 0.15) is 39.3 Å². The molecule has 19 heavy (non-hydrogen) atoms. The van der Waals surface area contributed by atoms with Crippen LogP contribution in [-0.2, 0) is 9.59 Å². The molecule has 7 heteroatoms. The van der Waals surface area contributed by atoms with Gasteiger partial charge in [0.1, 0.15) is 4.75 Å². The van der Waals surface area contributed by atoms with Crippen molar-refractivity contribution in [3.63, 3.8) is 0 Å². The van der Waals surface area contributed by atoms with Crippen LogP contribution in [0.25, 0.3) is 0 Å². The van der Waals surface area contributed by atoms with Gasteiger partial charge < -0.3 is 9.63 Å². The number of carboxylic acid groups (broad SMARTS) is 1. The average molecular weight is 286 g/mol. The van der Waals surface area contributed by atoms with E-state index in [1.54, 1.807) is 19.9 Å². The number of carboxylic acids is 1. The number of anilines is 1. The zero-order chi connectivity index (χ0) is 14.6. The number of nitrogens with one attached hydrogen (secondary N) is 1. The molecule has 0 fully saturated rings. The third-order valence-corrected chi connectivity index (χ3v) is 3.76. The topological polar surface area (TPSA) is 92.4 Å². The van der Waals surface area contributed by atoms with Crippen molar-refractivity contribution in [1.82, 2.24) is 5.16 Å². The van der Waals surface area contributed by atoms with E-state index in [0.29, 0.717) is 0 Å². The summed E-state index contributed by atoms with van der Waals surface area (Å²) in [5.41, 5.74) is 0.758. The molecule has 0 saturated carbocycles. The summed E-state index contributed by atoms with van der Waals surface area (Å²) in [6.45, 7) is 7.04. The van der Waals surface area contributed by atoms with E-state index in [-0.39, 0.29) is 23.5 Å². The maximum absolute atomic E-state index is 11.6. The molecule has 0 saturated heterocycles. The number of nitrogens with zero attached hydrogens (tertiary/aromatic N) is 1. The molecule has 2 N–H and O–H groups in total. The van der Waals surface area contributed by atoms with Gasteiger partial charge in [0.05, 0.1) is 11.4 Å². The first-order chi connectivity index (χ1) is 8.72. The number of carbonyl (C=O) groups is 2. The second-order valence-corrected chi connectivity index (χ2v) is 6.52. The highest BCUT2D eigenvalue weighted by atomic mass is 32.2. The summed E-state index contributed by atoms with van der Waals surface area (Å²) in [5, 5.41) is 15.3. The van der Waals surface area contributed by atoms with Crippen LogP contribution < -0.4 is 5.32 Å². The van der Waals surface area contributed by atoms with Gasteiger partial charge in [0, 0.05) is 6.07 Å². The molecule has 1 amide bonds. The molecule has 0 aliphatic rings. The Morgan fingerprint density at radius 2 is 2.16 bits per heavy atom. The molecule has 0 atom stereocenters. The minimum atomic E-state index is -0.998. The van der Waals surface area contributed by atoms with Crippen LogP contribution in [0.3, 0.4) is 0 Å². The van der Waals surface area contributed by atoms with E-state index in [0.717, 1.165) is 17.5 Å². The van der Waals surface area contributed by atoms with E-state index in [2.05, 4.69) is 10.5 Å². The van der Waals surface area contributed by atoms with E-state index in [1.165, 1.54) is 0 Å². The third kappa shape index (κ3) is 4.59. The lowest BCUT2D eigenvalue weighted by Crippen LogP contribution is -2.29. The van der Waals surface area contributed by atoms with E-state index in [1.807, 2.05) is 13.8 Å². The molecule has 1 aromatic heterocycles. The molecule has 0 unspecified atom stereocenters. The molecule has 6 nitrogen and oxygen atoms in total. The highest BCUT2D eigenvalue weighted by Gasteiger charge is 2.28. The Bertz CT molecular complexity index is 468. The molecular formula is C12H18N2O4S. The minimum Gasteiger partial charge on any atom is -0.480 e. The third-order valence-electron chi connectivity index (χ3n) is 2.46. The fourth-order valence-corrected chi connectivity index (χ4v) is 1.79. The highest BCUT2D eigenvalue weighted by Crippen LogP contribution is 2.25. The van der Waals surface area contributed by atoms with E-state index < -0.39 is 10.7 Å². The van der Waals surface area contributed by atoms with Gasteiger partial charge in [-0.15, -0.1) is 11.8 Å². The van der Waals surface area contributed by atoms with Gasteiger partial charge >= 0.3 is 5.97 Å². The van der Waals surface area contributed by atoms with Crippen molar-refractivity contribution < 1.29 is 19.2 Å². The average Bonchev–Trinajstić information content (AvgIpc) is 2.75. The highest BCUT2D eigenvalue weighted by molar-refractivity contribution is 8.02. The number of amides is 1. The van der Waals surface area contributed by atoms with Gasteiger partial charge in [-0.25, -0.2) is 0 Å². The molecule has 0 aliphatic heterocycles. The maximum Gasteiger partial charge on any atom is 0.319 e. The first kappa shape index (κ1) is 15.6. The zero-order valence-corrected chi connectivity index (χ0v) is 12.2. The van der Waals surface area contributed by atoms with Gasteiger partial charge in [-0.1, -0.05) is 19.0 Å². The lowest BCUT2D eigenvalue weighted by molar-refractivity contribution is -0.138. The Morgan fingerprint density at radius 1 is 1.53 bits per heavy atom. The van der Waals surface area contributed by atoms with E-state index in [9.17, 15) is 9.59 Å². The van der Waals surface area contributed by atoms with Gasteiger partial charge in [0.2, 0.25) is 11.8 Å². The number of hydrogen-bond acceptors (Lipinski definition) is 5. The Kier molecular flexibility index (Phi) is 4.99. The molecule has 0 aliphatic carbocycles. The summed E-state index contributed by atoms with van der Waals surface area (Å²) in [5.74, 6) is -0.730. The predicted octanol–water partition coefficient (Wildman–Crippen LogP) is 2.33. The van der Waals surface area contributed by atoms with Gasteiger partial charge in [-0.2, -0.15) is 0 Å². The van der Waals surface area contributed by atoms with Crippen LogP contribution in [0.4, 0.5) is 5.88 Å². The predicted molar refractivity (Wildman–Crippen MR) is 73.4 cm³/mol. The summed E-state index contributed by atoms with van der Waals surface area (Å²) < 4.78 is 3.97. The van der Waals surface area contributed by atoms with Crippen LogP contribution in [0.5, 0.6) is 0 Å². The van der Waals surface area contributed by atoms with Gasteiger partial charge in [-0.3, -0.25) is 14.9 Å². The van der Waals surface area contributed by atoms with Crippen molar-refractivity contribution in [2.75, 3.05) is 11.1 Å². The van der Waals surface area contributed by atoms with Gasteiger partial charge in [-0.05, 0) is 19.8 Å². The Morgan fingerprint density at radius 3 is 2.63 bits per heavy atom. The first-order valence-electron chi connectivity index (χ1n) is 5.86. The summed E-state index contributed by atoms with van der Waals surface area (Å²) in [4.78, 5) is 22.5. The second-order valence-electron chi connectivity index (χ2n) is 4.92. The normalized spacial score (nSPS) is 11.6. The van der Waals surface area contributed by atoms with Crippen molar-refractivity contribution in [3.05, 3.63) is 11.8 Å². The van der Waals surface area contributed by atoms with Crippen molar-refractivity contribution in [1.29, 1.82) is 0 Å². The zero-order valence-electron chi connectivity index (χ0n) is 11.4. The summed E-state index contributed by atoms with van der Waals surface area (Å²) in [7, 11) is 0. The Hall–Kier alpha value is -1.50. The smallest absolute Gasteiger partial charge is 0.319 e. The lowest BCUT2D eigenvalue weighted by Gasteiger charge is -2.17. The Balaban J connectivity index is 2.49. The van der Waals surface area contributed by atoms with Crippen molar-refractivity contribution in [2.24, 2.45) is 0 Å². The number of rotatable bonds is 6. The molecule has 106 valence electrons. The monoisotopic (exact) mass is 286 g/mol. The number of hydrogen-bond donors (Lipinski definition) is 2. The van der Waals surface area contributed by atoms with Gasteiger partial charge in [0.15, 0.2) is 0 Å². The minimum absolute atomic E-state index is 0.0387. The molecule has 1 heterocycles. The van der Waals surface area contributed by atoms with Crippen LogP contribution in [0.2, 0.25) is 0 Å². The molecule has 0 radical (unpaired) electrons. The molecule has 0 spiro atoms. The largest absolute Gasteiger partial charge is 0.480 e. The van der Waals surface area contributed by atoms with Crippen LogP contribution in [0.15, 0.2) is 10.6 Å². The number of aromatic nitrogens is 1. The maximum atomic E-state index is 11.6. The molecule has 0 bridgehead atoms. The number of thioether (sulfide) groups is 1. The number of aliphatic carboxylic acids is 1. The van der Waals surface area contributed by atoms with E-state index in [4.69, 9.17) is 9.63 Å². The van der Waals surface area contributed by atoms with Crippen molar-refractivity contribution in [2.45, 2.75) is 38.4 Å².